The number of rotatable bonds is 8. The van der Waals surface area contributed by atoms with E-state index in [0.717, 1.165) is 0 Å². The van der Waals surface area contributed by atoms with Crippen molar-refractivity contribution in [2.24, 2.45) is 0 Å². The fourth-order valence-corrected chi connectivity index (χ4v) is 3.56. The molecule has 2 rings (SSSR count). The molecule has 20 heteroatoms. The van der Waals surface area contributed by atoms with Gasteiger partial charge in [-0.2, -0.15) is 30.6 Å². The first kappa shape index (κ1) is 31.6. The molecule has 0 saturated heterocycles. The summed E-state index contributed by atoms with van der Waals surface area (Å²) < 4.78 is 233. The summed E-state index contributed by atoms with van der Waals surface area (Å²) in [6.45, 7) is 0. The Kier molecular flexibility index (Phi) is 9.35. The van der Waals surface area contributed by atoms with E-state index in [9.17, 15) is 74.5 Å². The van der Waals surface area contributed by atoms with Crippen LogP contribution < -0.4 is 0 Å². The minimum absolute atomic E-state index is 2.43. The van der Waals surface area contributed by atoms with E-state index in [1.54, 1.807) is 0 Å². The van der Waals surface area contributed by atoms with E-state index in [-0.39, 0.29) is 0 Å². The molecule has 0 bridgehead atoms. The van der Waals surface area contributed by atoms with Crippen LogP contribution in [0.1, 0.15) is 36.2 Å². The summed E-state index contributed by atoms with van der Waals surface area (Å²) in [4.78, 5) is 0. The highest BCUT2D eigenvalue weighted by Gasteiger charge is 2.43. The lowest BCUT2D eigenvalue weighted by Crippen LogP contribution is -2.24. The minimum Gasteiger partial charge on any atom is -0.260 e. The van der Waals surface area contributed by atoms with Crippen molar-refractivity contribution in [3.63, 3.8) is 0 Å². The predicted molar refractivity (Wildman–Crippen MR) is 89.6 cm³/mol. The Labute approximate surface area is 201 Å². The fraction of sp³-hybridized carbons (Fsp3) is 0.333. The Bertz CT molecular complexity index is 1090. The van der Waals surface area contributed by atoms with Crippen molar-refractivity contribution in [2.45, 2.75) is 37.4 Å². The molecule has 0 heterocycles. The molecule has 2 unspecified atom stereocenters. The van der Waals surface area contributed by atoms with Crippen molar-refractivity contribution < 1.29 is 82.8 Å². The Morgan fingerprint density at radius 1 is 0.474 bits per heavy atom. The Hall–Kier alpha value is -2.61. The first-order valence-corrected chi connectivity index (χ1v) is 10.1. The van der Waals surface area contributed by atoms with Crippen molar-refractivity contribution in [3.8, 4) is 0 Å². The molecule has 0 aliphatic heterocycles. The molecule has 0 fully saturated rings. The quantitative estimate of drug-likeness (QED) is 0.179. The zero-order chi connectivity index (χ0) is 29.5. The molecule has 0 aliphatic rings. The molecule has 2 atom stereocenters. The van der Waals surface area contributed by atoms with Crippen LogP contribution in [0, 0.1) is 58.2 Å². The Balaban J connectivity index is 2.58. The molecule has 2 aromatic rings. The summed E-state index contributed by atoms with van der Waals surface area (Å²) >= 11 is -4.26. The SMILES string of the molecule is O=S(OC(CC(F)(F)F)c1c(F)c(F)c(F)c(F)c1F)OC(CC(F)(F)F)c1c(F)c(F)c(F)c(F)c1F. The Morgan fingerprint density at radius 3 is 0.895 bits per heavy atom. The van der Waals surface area contributed by atoms with Crippen molar-refractivity contribution in [1.82, 2.24) is 0 Å². The first-order valence-electron chi connectivity index (χ1n) is 9.10. The third kappa shape index (κ3) is 6.87. The third-order valence-electron chi connectivity index (χ3n) is 4.35. The lowest BCUT2D eigenvalue weighted by molar-refractivity contribution is -0.154. The summed E-state index contributed by atoms with van der Waals surface area (Å²) in [7, 11) is 0. The van der Waals surface area contributed by atoms with E-state index in [1.165, 1.54) is 0 Å². The van der Waals surface area contributed by atoms with Gasteiger partial charge in [0.05, 0.1) is 24.0 Å². The maximum absolute atomic E-state index is 14.0. The van der Waals surface area contributed by atoms with Crippen LogP contribution >= 0.6 is 0 Å². The average molecular weight is 606 g/mol. The third-order valence-corrected chi connectivity index (χ3v) is 5.13. The summed E-state index contributed by atoms with van der Waals surface area (Å²) in [5.41, 5.74) is -4.86. The van der Waals surface area contributed by atoms with Gasteiger partial charge in [0, 0.05) is 0 Å². The van der Waals surface area contributed by atoms with Gasteiger partial charge in [-0.1, -0.05) is 0 Å². The van der Waals surface area contributed by atoms with E-state index in [0.29, 0.717) is 0 Å². The fourth-order valence-electron chi connectivity index (χ4n) is 2.81. The topological polar surface area (TPSA) is 35.5 Å². The van der Waals surface area contributed by atoms with Crippen molar-refractivity contribution in [2.75, 3.05) is 0 Å². The summed E-state index contributed by atoms with van der Waals surface area (Å²) in [6.07, 6.45) is -23.8. The summed E-state index contributed by atoms with van der Waals surface area (Å²) in [6, 6.07) is 0. The second kappa shape index (κ2) is 11.2. The van der Waals surface area contributed by atoms with Gasteiger partial charge in [-0.3, -0.25) is 8.37 Å². The number of hydrogen-bond donors (Lipinski definition) is 0. The highest BCUT2D eigenvalue weighted by Crippen LogP contribution is 2.41. The molecule has 0 spiro atoms. The van der Waals surface area contributed by atoms with Crippen molar-refractivity contribution in [3.05, 3.63) is 69.3 Å². The largest absolute Gasteiger partial charge is 0.391 e. The molecule has 0 aliphatic carbocycles. The summed E-state index contributed by atoms with van der Waals surface area (Å²) in [5, 5.41) is 0. The first-order chi connectivity index (χ1) is 17.2. The van der Waals surface area contributed by atoms with Gasteiger partial charge >= 0.3 is 23.7 Å². The van der Waals surface area contributed by atoms with Crippen LogP contribution in [0.2, 0.25) is 0 Å². The average Bonchev–Trinajstić information content (AvgIpc) is 2.76. The zero-order valence-electron chi connectivity index (χ0n) is 17.2. The van der Waals surface area contributed by atoms with Crippen LogP contribution in [0.4, 0.5) is 70.2 Å². The molecular formula is C18H6F16O3S. The van der Waals surface area contributed by atoms with Gasteiger partial charge in [-0.15, -0.1) is 0 Å². The van der Waals surface area contributed by atoms with Gasteiger partial charge in [-0.05, 0) is 0 Å². The molecule has 0 saturated carbocycles. The lowest BCUT2D eigenvalue weighted by atomic mass is 10.0. The minimum atomic E-state index is -5.62. The standard InChI is InChI=1S/C18H6F16O3S/c19-7-5(8(20)12(24)15(27)11(7)23)3(1-17(29,30)31)36-38(35)37-4(2-18(32,33)34)6-9(21)13(25)16(28)14(26)10(6)22/h3-4H,1-2H2. The normalized spacial score (nSPS) is 15.1. The highest BCUT2D eigenvalue weighted by atomic mass is 32.2. The van der Waals surface area contributed by atoms with E-state index in [1.807, 2.05) is 0 Å². The van der Waals surface area contributed by atoms with Crippen LogP contribution in [-0.4, -0.2) is 16.6 Å². The number of hydrogen-bond acceptors (Lipinski definition) is 3. The van der Waals surface area contributed by atoms with E-state index >= 15 is 0 Å². The molecule has 38 heavy (non-hydrogen) atoms. The second-order valence-corrected chi connectivity index (χ2v) is 7.77. The van der Waals surface area contributed by atoms with Gasteiger partial charge in [0.25, 0.3) is 0 Å². The van der Waals surface area contributed by atoms with Crippen LogP contribution in [0.25, 0.3) is 0 Å². The zero-order valence-corrected chi connectivity index (χ0v) is 18.1. The smallest absolute Gasteiger partial charge is 0.260 e. The second-order valence-electron chi connectivity index (χ2n) is 6.98. The maximum atomic E-state index is 14.0. The van der Waals surface area contributed by atoms with Gasteiger partial charge in [0.15, 0.2) is 46.5 Å². The molecule has 0 aromatic heterocycles. The van der Waals surface area contributed by atoms with E-state index in [4.69, 9.17) is 0 Å². The number of benzene rings is 2. The van der Waals surface area contributed by atoms with Gasteiger partial charge in [0.2, 0.25) is 11.6 Å². The maximum Gasteiger partial charge on any atom is 0.391 e. The number of alkyl halides is 6. The van der Waals surface area contributed by atoms with Crippen LogP contribution in [0.3, 0.4) is 0 Å². The van der Waals surface area contributed by atoms with Gasteiger partial charge < -0.3 is 0 Å². The lowest BCUT2D eigenvalue weighted by Gasteiger charge is -2.23. The number of halogens is 16. The van der Waals surface area contributed by atoms with Crippen LogP contribution in [0.5, 0.6) is 0 Å². The Morgan fingerprint density at radius 2 is 0.684 bits per heavy atom. The van der Waals surface area contributed by atoms with Crippen LogP contribution in [0.15, 0.2) is 0 Å². The molecule has 3 nitrogen and oxygen atoms in total. The van der Waals surface area contributed by atoms with Crippen molar-refractivity contribution >= 4 is 11.4 Å². The van der Waals surface area contributed by atoms with Gasteiger partial charge in [-0.25, -0.2) is 43.9 Å². The van der Waals surface area contributed by atoms with Crippen molar-refractivity contribution in [1.29, 1.82) is 0 Å². The molecule has 0 radical (unpaired) electrons. The van der Waals surface area contributed by atoms with E-state index in [2.05, 4.69) is 8.37 Å². The highest BCUT2D eigenvalue weighted by molar-refractivity contribution is 7.75. The van der Waals surface area contributed by atoms with E-state index < -0.39 is 118 Å². The molecule has 214 valence electrons. The monoisotopic (exact) mass is 606 g/mol. The molecular weight excluding hydrogens is 600 g/mol. The molecule has 0 N–H and O–H groups in total. The summed E-state index contributed by atoms with van der Waals surface area (Å²) in [5.74, 6) is -28.8. The molecule has 2 aromatic carbocycles. The predicted octanol–water partition coefficient (Wildman–Crippen LogP) is 7.38. The van der Waals surface area contributed by atoms with Gasteiger partial charge in [0.1, 0.15) is 12.2 Å². The molecule has 0 amide bonds. The van der Waals surface area contributed by atoms with Crippen LogP contribution in [-0.2, 0) is 19.7 Å².